The lowest BCUT2D eigenvalue weighted by Crippen LogP contribution is -2.08. The molecule has 0 saturated carbocycles. The minimum absolute atomic E-state index is 0.0620. The molecular formula is C22H16N4O4. The Morgan fingerprint density at radius 3 is 2.40 bits per heavy atom. The van der Waals surface area contributed by atoms with Crippen molar-refractivity contribution in [1.82, 2.24) is 14.8 Å². The van der Waals surface area contributed by atoms with Crippen molar-refractivity contribution in [2.24, 2.45) is 0 Å². The molecule has 0 aliphatic rings. The molecule has 1 heterocycles. The number of hydrogen-bond acceptors (Lipinski definition) is 6. The van der Waals surface area contributed by atoms with Gasteiger partial charge in [0, 0.05) is 6.07 Å². The maximum Gasteiger partial charge on any atom is 0.338 e. The summed E-state index contributed by atoms with van der Waals surface area (Å²) in [4.78, 5) is 27.0. The molecule has 0 aliphatic carbocycles. The molecule has 4 rings (SSSR count). The normalized spacial score (nSPS) is 10.5. The third kappa shape index (κ3) is 4.07. The van der Waals surface area contributed by atoms with Crippen molar-refractivity contribution >= 4 is 11.7 Å². The van der Waals surface area contributed by atoms with Crippen LogP contribution in [-0.4, -0.2) is 25.7 Å². The van der Waals surface area contributed by atoms with Gasteiger partial charge in [0.1, 0.15) is 24.9 Å². The van der Waals surface area contributed by atoms with Crippen molar-refractivity contribution in [2.75, 3.05) is 0 Å². The molecule has 8 nitrogen and oxygen atoms in total. The Morgan fingerprint density at radius 1 is 1.00 bits per heavy atom. The molecule has 30 heavy (non-hydrogen) atoms. The van der Waals surface area contributed by atoms with Gasteiger partial charge in [-0.2, -0.15) is 5.10 Å². The lowest BCUT2D eigenvalue weighted by molar-refractivity contribution is -0.384. The van der Waals surface area contributed by atoms with Crippen molar-refractivity contribution in [3.8, 4) is 16.8 Å². The summed E-state index contributed by atoms with van der Waals surface area (Å²) in [7, 11) is 0. The lowest BCUT2D eigenvalue weighted by atomic mass is 10.0. The predicted octanol–water partition coefficient (Wildman–Crippen LogP) is 4.20. The minimum Gasteiger partial charge on any atom is -0.457 e. The van der Waals surface area contributed by atoms with Crippen LogP contribution in [0.5, 0.6) is 0 Å². The van der Waals surface area contributed by atoms with Crippen molar-refractivity contribution in [3.05, 3.63) is 107 Å². The van der Waals surface area contributed by atoms with E-state index in [4.69, 9.17) is 4.74 Å². The van der Waals surface area contributed by atoms with Crippen LogP contribution in [0.25, 0.3) is 16.8 Å². The van der Waals surface area contributed by atoms with Crippen molar-refractivity contribution in [3.63, 3.8) is 0 Å². The van der Waals surface area contributed by atoms with E-state index in [9.17, 15) is 14.9 Å². The lowest BCUT2D eigenvalue weighted by Gasteiger charge is -2.08. The van der Waals surface area contributed by atoms with Crippen molar-refractivity contribution in [2.45, 2.75) is 6.61 Å². The van der Waals surface area contributed by atoms with Crippen LogP contribution in [0.3, 0.4) is 0 Å². The molecule has 0 atom stereocenters. The maximum absolute atomic E-state index is 12.4. The molecule has 1 aromatic heterocycles. The van der Waals surface area contributed by atoms with E-state index in [1.165, 1.54) is 35.5 Å². The van der Waals surface area contributed by atoms with E-state index in [-0.39, 0.29) is 23.5 Å². The van der Waals surface area contributed by atoms with Crippen molar-refractivity contribution in [1.29, 1.82) is 0 Å². The quantitative estimate of drug-likeness (QED) is 0.273. The highest BCUT2D eigenvalue weighted by Crippen LogP contribution is 2.24. The largest absolute Gasteiger partial charge is 0.457 e. The number of carbonyl (C=O) groups excluding carboxylic acids is 1. The molecular weight excluding hydrogens is 384 g/mol. The Hall–Kier alpha value is -4.33. The molecule has 0 N–H and O–H groups in total. The van der Waals surface area contributed by atoms with E-state index in [2.05, 4.69) is 10.1 Å². The zero-order chi connectivity index (χ0) is 20.9. The zero-order valence-corrected chi connectivity index (χ0v) is 15.7. The van der Waals surface area contributed by atoms with Crippen LogP contribution in [0.2, 0.25) is 0 Å². The van der Waals surface area contributed by atoms with Crippen LogP contribution < -0.4 is 0 Å². The molecule has 0 amide bonds. The third-order valence-corrected chi connectivity index (χ3v) is 4.50. The second-order valence-corrected chi connectivity index (χ2v) is 6.44. The van der Waals surface area contributed by atoms with E-state index in [0.717, 1.165) is 16.7 Å². The van der Waals surface area contributed by atoms with Crippen molar-refractivity contribution < 1.29 is 14.5 Å². The van der Waals surface area contributed by atoms with Gasteiger partial charge >= 0.3 is 5.97 Å². The van der Waals surface area contributed by atoms with Gasteiger partial charge in [0.25, 0.3) is 5.69 Å². The number of nitro benzene ring substituents is 1. The molecule has 148 valence electrons. The van der Waals surface area contributed by atoms with Gasteiger partial charge in [-0.05, 0) is 28.8 Å². The Labute approximate surface area is 171 Å². The monoisotopic (exact) mass is 400 g/mol. The fourth-order valence-corrected chi connectivity index (χ4v) is 2.98. The smallest absolute Gasteiger partial charge is 0.338 e. The van der Waals surface area contributed by atoms with Crippen LogP contribution >= 0.6 is 0 Å². The average molecular weight is 400 g/mol. The molecule has 0 unspecified atom stereocenters. The molecule has 4 aromatic rings. The van der Waals surface area contributed by atoms with Gasteiger partial charge in [-0.15, -0.1) is 0 Å². The van der Waals surface area contributed by atoms with E-state index in [1.54, 1.807) is 0 Å². The average Bonchev–Trinajstić information content (AvgIpc) is 3.33. The highest BCUT2D eigenvalue weighted by Gasteiger charge is 2.20. The summed E-state index contributed by atoms with van der Waals surface area (Å²) in [5.74, 6) is -0.643. The summed E-state index contributed by atoms with van der Waals surface area (Å²) in [5.41, 5.74) is 3.02. The second-order valence-electron chi connectivity index (χ2n) is 6.44. The van der Waals surface area contributed by atoms with Crippen LogP contribution in [0.4, 0.5) is 5.69 Å². The molecule has 0 aliphatic heterocycles. The molecule has 0 bridgehead atoms. The molecule has 8 heteroatoms. The summed E-state index contributed by atoms with van der Waals surface area (Å²) < 4.78 is 6.59. The zero-order valence-electron chi connectivity index (χ0n) is 15.7. The number of rotatable bonds is 6. The van der Waals surface area contributed by atoms with E-state index in [0.29, 0.717) is 0 Å². The Balaban J connectivity index is 1.46. The van der Waals surface area contributed by atoms with Gasteiger partial charge < -0.3 is 4.74 Å². The number of esters is 1. The van der Waals surface area contributed by atoms with Gasteiger partial charge in [0.15, 0.2) is 0 Å². The number of benzene rings is 3. The second kappa shape index (κ2) is 8.36. The first-order chi connectivity index (χ1) is 14.6. The number of ether oxygens (including phenoxy) is 1. The van der Waals surface area contributed by atoms with Gasteiger partial charge in [-0.3, -0.25) is 10.1 Å². The Bertz CT molecular complexity index is 1170. The van der Waals surface area contributed by atoms with E-state index >= 15 is 0 Å². The summed E-state index contributed by atoms with van der Waals surface area (Å²) in [5, 5.41) is 15.3. The Kier molecular flexibility index (Phi) is 5.29. The summed E-state index contributed by atoms with van der Waals surface area (Å²) >= 11 is 0. The maximum atomic E-state index is 12.4. The van der Waals surface area contributed by atoms with E-state index in [1.807, 2.05) is 54.6 Å². The van der Waals surface area contributed by atoms with Gasteiger partial charge in [0.05, 0.1) is 10.5 Å². The fourth-order valence-electron chi connectivity index (χ4n) is 2.98. The highest BCUT2D eigenvalue weighted by molar-refractivity contribution is 5.90. The molecule has 0 fully saturated rings. The standard InChI is InChI=1S/C22H16N4O4/c27-22(19-10-11-20(21(12-19)26(28)29)25-15-23-14-24-25)30-13-16-6-8-18(9-7-16)17-4-2-1-3-5-17/h1-12,14-15H,13H2. The van der Waals surface area contributed by atoms with E-state index < -0.39 is 10.9 Å². The number of hydrogen-bond donors (Lipinski definition) is 0. The summed E-state index contributed by atoms with van der Waals surface area (Å²) in [6, 6.07) is 21.7. The first-order valence-corrected chi connectivity index (χ1v) is 9.07. The molecule has 0 spiro atoms. The first-order valence-electron chi connectivity index (χ1n) is 9.07. The Morgan fingerprint density at radius 2 is 1.73 bits per heavy atom. The van der Waals surface area contributed by atoms with Crippen LogP contribution in [0, 0.1) is 10.1 Å². The molecule has 0 radical (unpaired) electrons. The first kappa shape index (κ1) is 19.0. The highest BCUT2D eigenvalue weighted by atomic mass is 16.6. The van der Waals surface area contributed by atoms with Gasteiger partial charge in [0.2, 0.25) is 0 Å². The third-order valence-electron chi connectivity index (χ3n) is 4.50. The number of nitro groups is 1. The predicted molar refractivity (Wildman–Crippen MR) is 109 cm³/mol. The van der Waals surface area contributed by atoms with Crippen LogP contribution in [-0.2, 0) is 11.3 Å². The summed E-state index contributed by atoms with van der Waals surface area (Å²) in [6.07, 6.45) is 2.62. The van der Waals surface area contributed by atoms with Gasteiger partial charge in [-0.25, -0.2) is 14.5 Å². The fraction of sp³-hybridized carbons (Fsp3) is 0.0455. The number of carbonyl (C=O) groups is 1. The molecule has 3 aromatic carbocycles. The molecule has 0 saturated heterocycles. The van der Waals surface area contributed by atoms with Crippen LogP contribution in [0.15, 0.2) is 85.5 Å². The number of aromatic nitrogens is 3. The van der Waals surface area contributed by atoms with Crippen LogP contribution in [0.1, 0.15) is 15.9 Å². The number of nitrogens with zero attached hydrogens (tertiary/aromatic N) is 4. The van der Waals surface area contributed by atoms with Gasteiger partial charge in [-0.1, -0.05) is 54.6 Å². The summed E-state index contributed by atoms with van der Waals surface area (Å²) in [6.45, 7) is 0.0620. The SMILES string of the molecule is O=C(OCc1ccc(-c2ccccc2)cc1)c1ccc(-n2cncn2)c([N+](=O)[O-])c1. The minimum atomic E-state index is -0.643. The topological polar surface area (TPSA) is 100 Å².